The van der Waals surface area contributed by atoms with E-state index in [0.717, 1.165) is 5.56 Å². The molecule has 0 saturated heterocycles. The Kier molecular flexibility index (Phi) is 14.8. The van der Waals surface area contributed by atoms with Gasteiger partial charge in [0.2, 0.25) is 0 Å². The second-order valence-electron chi connectivity index (χ2n) is 6.53. The van der Waals surface area contributed by atoms with E-state index >= 15 is 0 Å². The number of azide groups is 1. The summed E-state index contributed by atoms with van der Waals surface area (Å²) >= 11 is 0. The van der Waals surface area contributed by atoms with E-state index in [1.54, 1.807) is 30.7 Å². The van der Waals surface area contributed by atoms with Gasteiger partial charge in [0, 0.05) is 36.5 Å². The number of nitrogens with one attached hydrogen (secondary N) is 2. The van der Waals surface area contributed by atoms with Crippen LogP contribution >= 0.6 is 0 Å². The van der Waals surface area contributed by atoms with E-state index in [9.17, 15) is 10.2 Å². The highest BCUT2D eigenvalue weighted by atomic mass is 16.5. The summed E-state index contributed by atoms with van der Waals surface area (Å²) in [6.07, 6.45) is 0.681. The first-order chi connectivity index (χ1) is 14.5. The summed E-state index contributed by atoms with van der Waals surface area (Å²) in [5, 5.41) is 37.8. The highest BCUT2D eigenvalue weighted by molar-refractivity contribution is 5.38. The van der Waals surface area contributed by atoms with E-state index < -0.39 is 18.7 Å². The van der Waals surface area contributed by atoms with Crippen molar-refractivity contribution in [3.63, 3.8) is 0 Å². The summed E-state index contributed by atoms with van der Waals surface area (Å²) in [5.74, 6) is 0. The first kappa shape index (κ1) is 26.2. The van der Waals surface area contributed by atoms with Crippen LogP contribution in [0.2, 0.25) is 0 Å². The predicted molar refractivity (Wildman–Crippen MR) is 112 cm³/mol. The van der Waals surface area contributed by atoms with Crippen LogP contribution in [-0.2, 0) is 15.9 Å². The molecule has 11 nitrogen and oxygen atoms in total. The van der Waals surface area contributed by atoms with E-state index in [0.29, 0.717) is 64.5 Å². The van der Waals surface area contributed by atoms with Gasteiger partial charge in [0.05, 0.1) is 26.4 Å². The summed E-state index contributed by atoms with van der Waals surface area (Å²) in [7, 11) is 0. The number of aliphatic hydroxyl groups is 3. The molecule has 3 atom stereocenters. The minimum Gasteiger partial charge on any atom is -0.379 e. The molecule has 0 heterocycles. The minimum absolute atomic E-state index is 0.407. The smallest absolute Gasteiger partial charge is 0.109 e. The van der Waals surface area contributed by atoms with Crippen molar-refractivity contribution in [3.8, 4) is 0 Å². The van der Waals surface area contributed by atoms with Gasteiger partial charge in [-0.25, -0.2) is 0 Å². The van der Waals surface area contributed by atoms with E-state index in [-0.39, 0.29) is 0 Å². The first-order valence-corrected chi connectivity index (χ1v) is 9.90. The molecular formula is C19H33N6O5. The molecule has 0 aliphatic carbocycles. The molecule has 0 fully saturated rings. The van der Waals surface area contributed by atoms with Crippen molar-refractivity contribution >= 4 is 5.69 Å². The van der Waals surface area contributed by atoms with Crippen LogP contribution in [-0.4, -0.2) is 73.5 Å². The van der Waals surface area contributed by atoms with E-state index in [2.05, 4.69) is 20.7 Å². The summed E-state index contributed by atoms with van der Waals surface area (Å²) in [6.45, 7) is 2.72. The summed E-state index contributed by atoms with van der Waals surface area (Å²) in [4.78, 5) is 2.72. The van der Waals surface area contributed by atoms with Gasteiger partial charge in [-0.1, -0.05) is 29.4 Å². The molecule has 0 saturated carbocycles. The van der Waals surface area contributed by atoms with Gasteiger partial charge >= 0.3 is 0 Å². The van der Waals surface area contributed by atoms with Gasteiger partial charge in [0.25, 0.3) is 0 Å². The zero-order valence-electron chi connectivity index (χ0n) is 17.1. The van der Waals surface area contributed by atoms with Gasteiger partial charge in [-0.15, -0.1) is 0 Å². The Morgan fingerprint density at radius 2 is 1.67 bits per heavy atom. The largest absolute Gasteiger partial charge is 0.379 e. The van der Waals surface area contributed by atoms with Crippen LogP contribution in [0.3, 0.4) is 0 Å². The van der Waals surface area contributed by atoms with Crippen LogP contribution in [0.4, 0.5) is 5.69 Å². The molecule has 1 aromatic rings. The summed E-state index contributed by atoms with van der Waals surface area (Å²) in [5.41, 5.74) is 15.0. The average Bonchev–Trinajstić information content (AvgIpc) is 2.70. The van der Waals surface area contributed by atoms with E-state index in [1.165, 1.54) is 0 Å². The molecule has 3 unspecified atom stereocenters. The number of rotatable bonds is 18. The van der Waals surface area contributed by atoms with Crippen LogP contribution in [0.1, 0.15) is 18.4 Å². The Morgan fingerprint density at radius 3 is 2.27 bits per heavy atom. The second kappa shape index (κ2) is 16.9. The highest BCUT2D eigenvalue weighted by Crippen LogP contribution is 2.13. The standard InChI is InChI=1S/C19H33N6O5/c20-17(26)2-1-3-18(27)22-8-10-29-12-13-30-11-9-23-19(28)14-15-4-6-16(7-5-15)24-25-21/h3-7,17-19,22-23,26-28H,1-2,8-14,20H2. The summed E-state index contributed by atoms with van der Waals surface area (Å²) in [6, 6.07) is 7.01. The third-order valence-corrected chi connectivity index (χ3v) is 3.98. The number of aliphatic hydroxyl groups excluding tert-OH is 3. The predicted octanol–water partition coefficient (Wildman–Crippen LogP) is 0.282. The molecule has 1 aromatic carbocycles. The monoisotopic (exact) mass is 425 g/mol. The lowest BCUT2D eigenvalue weighted by atomic mass is 10.1. The van der Waals surface area contributed by atoms with Crippen LogP contribution in [0.25, 0.3) is 10.4 Å². The Hall–Kier alpha value is -1.79. The molecule has 1 radical (unpaired) electrons. The maximum Gasteiger partial charge on any atom is 0.109 e. The molecule has 0 bridgehead atoms. The molecule has 11 heteroatoms. The Balaban J connectivity index is 1.92. The molecule has 0 spiro atoms. The van der Waals surface area contributed by atoms with Gasteiger partial charge in [-0.2, -0.15) is 0 Å². The number of hydrogen-bond acceptors (Lipinski definition) is 9. The fourth-order valence-electron chi connectivity index (χ4n) is 2.45. The summed E-state index contributed by atoms with van der Waals surface area (Å²) < 4.78 is 10.8. The SMILES string of the molecule is [N-]=[N+]=Nc1ccc(CC(O)NCCOCCOCCNC(O)[CH]CCC(N)O)cc1. The first-order valence-electron chi connectivity index (χ1n) is 9.90. The molecule has 1 rings (SSSR count). The minimum atomic E-state index is -0.862. The maximum absolute atomic E-state index is 9.98. The van der Waals surface area contributed by atoms with Crippen LogP contribution in [0, 0.1) is 6.42 Å². The van der Waals surface area contributed by atoms with Crippen molar-refractivity contribution in [1.82, 2.24) is 10.6 Å². The van der Waals surface area contributed by atoms with Crippen molar-refractivity contribution in [1.29, 1.82) is 0 Å². The fourth-order valence-corrected chi connectivity index (χ4v) is 2.45. The van der Waals surface area contributed by atoms with Crippen molar-refractivity contribution in [2.24, 2.45) is 10.8 Å². The molecule has 0 aliphatic rings. The molecule has 7 N–H and O–H groups in total. The third kappa shape index (κ3) is 14.2. The molecule has 0 aliphatic heterocycles. The number of nitrogens with zero attached hydrogens (tertiary/aromatic N) is 3. The molecule has 0 aromatic heterocycles. The Bertz CT molecular complexity index is 598. The topological polar surface area (TPSA) is 178 Å². The van der Waals surface area contributed by atoms with Gasteiger partial charge in [0.15, 0.2) is 0 Å². The van der Waals surface area contributed by atoms with Crippen molar-refractivity contribution in [3.05, 3.63) is 46.7 Å². The number of benzene rings is 1. The molecule has 0 amide bonds. The molecular weight excluding hydrogens is 392 g/mol. The van der Waals surface area contributed by atoms with Gasteiger partial charge in [0.1, 0.15) is 18.7 Å². The fraction of sp³-hybridized carbons (Fsp3) is 0.632. The number of hydrogen-bond donors (Lipinski definition) is 6. The lowest BCUT2D eigenvalue weighted by molar-refractivity contribution is 0.0401. The lowest BCUT2D eigenvalue weighted by Gasteiger charge is -2.14. The molecule has 30 heavy (non-hydrogen) atoms. The van der Waals surface area contributed by atoms with Crippen molar-refractivity contribution in [2.75, 3.05) is 39.5 Å². The lowest BCUT2D eigenvalue weighted by Crippen LogP contribution is -2.34. The third-order valence-electron chi connectivity index (χ3n) is 3.98. The average molecular weight is 426 g/mol. The van der Waals surface area contributed by atoms with E-state index in [1.807, 2.05) is 0 Å². The van der Waals surface area contributed by atoms with Crippen LogP contribution in [0.5, 0.6) is 0 Å². The van der Waals surface area contributed by atoms with Gasteiger partial charge in [-0.05, 0) is 23.9 Å². The van der Waals surface area contributed by atoms with E-state index in [4.69, 9.17) is 25.8 Å². The van der Waals surface area contributed by atoms with Crippen molar-refractivity contribution in [2.45, 2.75) is 37.9 Å². The normalized spacial score (nSPS) is 14.1. The Morgan fingerprint density at radius 1 is 1.03 bits per heavy atom. The van der Waals surface area contributed by atoms with Crippen LogP contribution < -0.4 is 16.4 Å². The van der Waals surface area contributed by atoms with Gasteiger partial charge < -0.3 is 30.5 Å². The Labute approximate surface area is 176 Å². The highest BCUT2D eigenvalue weighted by Gasteiger charge is 2.05. The molecule has 169 valence electrons. The zero-order valence-corrected chi connectivity index (χ0v) is 17.1. The maximum atomic E-state index is 9.98. The van der Waals surface area contributed by atoms with Crippen LogP contribution in [0.15, 0.2) is 29.4 Å². The quantitative estimate of drug-likeness (QED) is 0.0638. The number of ether oxygens (including phenoxy) is 2. The zero-order chi connectivity index (χ0) is 22.0. The van der Waals surface area contributed by atoms with Crippen molar-refractivity contribution < 1.29 is 24.8 Å². The second-order valence-corrected chi connectivity index (χ2v) is 6.53. The number of nitrogens with two attached hydrogens (primary N) is 1. The van der Waals surface area contributed by atoms with Gasteiger partial charge in [-0.3, -0.25) is 10.6 Å².